The molecule has 102 valence electrons. The fourth-order valence-corrected chi connectivity index (χ4v) is 2.99. The van der Waals surface area contributed by atoms with Crippen LogP contribution >= 0.6 is 0 Å². The van der Waals surface area contributed by atoms with Gasteiger partial charge in [-0.15, -0.1) is 0 Å². The minimum absolute atomic E-state index is 0.0418. The molecule has 1 saturated heterocycles. The van der Waals surface area contributed by atoms with E-state index in [0.717, 1.165) is 18.8 Å². The van der Waals surface area contributed by atoms with Crippen LogP contribution in [0.3, 0.4) is 0 Å². The van der Waals surface area contributed by atoms with Crippen LogP contribution in [0.1, 0.15) is 20.7 Å². The fourth-order valence-electron chi connectivity index (χ4n) is 2.99. The predicted molar refractivity (Wildman–Crippen MR) is 70.5 cm³/mol. The van der Waals surface area contributed by atoms with Gasteiger partial charge < -0.3 is 10.2 Å². The van der Waals surface area contributed by atoms with Crippen molar-refractivity contribution < 1.29 is 14.4 Å². The Morgan fingerprint density at radius 1 is 1.20 bits per heavy atom. The molecule has 0 spiro atoms. The smallest absolute Gasteiger partial charge is 0.261 e. The van der Waals surface area contributed by atoms with Crippen LogP contribution in [0.5, 0.6) is 0 Å². The molecule has 3 heterocycles. The Labute approximate surface area is 115 Å². The number of nitrogens with one attached hydrogen (secondary N) is 1. The van der Waals surface area contributed by atoms with E-state index in [4.69, 9.17) is 4.84 Å². The molecule has 20 heavy (non-hydrogen) atoms. The molecule has 4 rings (SSSR count). The third-order valence-corrected chi connectivity index (χ3v) is 4.09. The molecule has 2 unspecified atom stereocenters. The minimum Gasteiger partial charge on any atom is -0.390 e. The van der Waals surface area contributed by atoms with Gasteiger partial charge in [0, 0.05) is 13.1 Å². The van der Waals surface area contributed by atoms with E-state index < -0.39 is 0 Å². The van der Waals surface area contributed by atoms with Gasteiger partial charge in [-0.25, -0.2) is 0 Å². The number of carbonyl (C=O) groups excluding carboxylic acids is 2. The zero-order valence-electron chi connectivity index (χ0n) is 10.7. The van der Waals surface area contributed by atoms with Gasteiger partial charge in [-0.1, -0.05) is 17.3 Å². The summed E-state index contributed by atoms with van der Waals surface area (Å²) in [5.74, 6) is -0.329. The molecule has 1 aromatic rings. The number of hydrogen-bond acceptors (Lipinski definition) is 5. The van der Waals surface area contributed by atoms with Crippen molar-refractivity contribution in [1.29, 1.82) is 0 Å². The standard InChI is InChI=1S/C14H13N3O3/c18-13-8-3-1-2-4-9(8)14(19)17(13)7-11-10-5-15-6-12(10)20-16-11/h1-4,10,12,15H,5-7H2. The van der Waals surface area contributed by atoms with Crippen molar-refractivity contribution in [3.05, 3.63) is 35.4 Å². The average molecular weight is 271 g/mol. The van der Waals surface area contributed by atoms with E-state index in [-0.39, 0.29) is 30.4 Å². The predicted octanol–water partition coefficient (Wildman–Crippen LogP) is 0.257. The minimum atomic E-state index is -0.247. The average Bonchev–Trinajstić information content (AvgIpc) is 3.12. The van der Waals surface area contributed by atoms with Crippen molar-refractivity contribution in [2.45, 2.75) is 6.10 Å². The van der Waals surface area contributed by atoms with Gasteiger partial charge in [0.1, 0.15) is 6.10 Å². The van der Waals surface area contributed by atoms with E-state index in [1.54, 1.807) is 24.3 Å². The molecule has 0 saturated carbocycles. The van der Waals surface area contributed by atoms with Gasteiger partial charge in [-0.2, -0.15) is 0 Å². The topological polar surface area (TPSA) is 71.0 Å². The van der Waals surface area contributed by atoms with Gasteiger partial charge >= 0.3 is 0 Å². The van der Waals surface area contributed by atoms with E-state index in [2.05, 4.69) is 10.5 Å². The largest absolute Gasteiger partial charge is 0.390 e. The highest BCUT2D eigenvalue weighted by molar-refractivity contribution is 6.22. The molecule has 3 aliphatic rings. The second kappa shape index (κ2) is 4.14. The van der Waals surface area contributed by atoms with Crippen LogP contribution in [0.15, 0.2) is 29.4 Å². The molecule has 0 bridgehead atoms. The summed E-state index contributed by atoms with van der Waals surface area (Å²) < 4.78 is 0. The SMILES string of the molecule is O=C1c2ccccc2C(=O)N1CC1=NOC2CNCC12. The van der Waals surface area contributed by atoms with Crippen molar-refractivity contribution in [2.24, 2.45) is 11.1 Å². The number of oxime groups is 1. The third-order valence-electron chi connectivity index (χ3n) is 4.09. The maximum Gasteiger partial charge on any atom is 0.261 e. The van der Waals surface area contributed by atoms with Crippen LogP contribution in [0.25, 0.3) is 0 Å². The van der Waals surface area contributed by atoms with Crippen LogP contribution < -0.4 is 5.32 Å². The number of benzene rings is 1. The highest BCUT2D eigenvalue weighted by atomic mass is 16.6. The van der Waals surface area contributed by atoms with Gasteiger partial charge in [0.2, 0.25) is 0 Å². The number of carbonyl (C=O) groups is 2. The number of imide groups is 1. The van der Waals surface area contributed by atoms with Crippen LogP contribution in [0.4, 0.5) is 0 Å². The van der Waals surface area contributed by atoms with Gasteiger partial charge in [0.25, 0.3) is 11.8 Å². The van der Waals surface area contributed by atoms with Crippen LogP contribution in [-0.2, 0) is 4.84 Å². The Morgan fingerprint density at radius 3 is 2.60 bits per heavy atom. The van der Waals surface area contributed by atoms with Crippen molar-refractivity contribution in [2.75, 3.05) is 19.6 Å². The zero-order valence-corrected chi connectivity index (χ0v) is 10.7. The molecule has 0 radical (unpaired) electrons. The molecule has 1 fully saturated rings. The quantitative estimate of drug-likeness (QED) is 0.783. The highest BCUT2D eigenvalue weighted by Gasteiger charge is 2.42. The number of rotatable bonds is 2. The second-order valence-electron chi connectivity index (χ2n) is 5.23. The van der Waals surface area contributed by atoms with E-state index in [9.17, 15) is 9.59 Å². The summed E-state index contributed by atoms with van der Waals surface area (Å²) in [7, 11) is 0. The lowest BCUT2D eigenvalue weighted by Crippen LogP contribution is -2.38. The summed E-state index contributed by atoms with van der Waals surface area (Å²) in [4.78, 5) is 31.1. The van der Waals surface area contributed by atoms with Crippen molar-refractivity contribution in [3.63, 3.8) is 0 Å². The summed E-state index contributed by atoms with van der Waals surface area (Å²) in [6.45, 7) is 1.77. The van der Waals surface area contributed by atoms with Crippen LogP contribution in [-0.4, -0.2) is 48.2 Å². The lowest BCUT2D eigenvalue weighted by atomic mass is 10.0. The third kappa shape index (κ3) is 1.51. The normalized spacial score (nSPS) is 27.4. The number of nitrogens with zero attached hydrogens (tertiary/aromatic N) is 2. The van der Waals surface area contributed by atoms with Crippen LogP contribution in [0.2, 0.25) is 0 Å². The summed E-state index contributed by atoms with van der Waals surface area (Å²) in [6.07, 6.45) is 0.0418. The highest BCUT2D eigenvalue weighted by Crippen LogP contribution is 2.26. The first kappa shape index (κ1) is 11.6. The first-order valence-electron chi connectivity index (χ1n) is 6.64. The molecule has 0 aromatic heterocycles. The molecule has 1 aromatic carbocycles. The van der Waals surface area contributed by atoms with Gasteiger partial charge in [0.05, 0.1) is 29.3 Å². The molecule has 2 amide bonds. The van der Waals surface area contributed by atoms with Crippen molar-refractivity contribution in [1.82, 2.24) is 10.2 Å². The van der Waals surface area contributed by atoms with E-state index in [0.29, 0.717) is 11.1 Å². The summed E-state index contributed by atoms with van der Waals surface area (Å²) in [5, 5.41) is 7.27. The first-order valence-corrected chi connectivity index (χ1v) is 6.64. The fraction of sp³-hybridized carbons (Fsp3) is 0.357. The molecule has 6 heteroatoms. The molecular weight excluding hydrogens is 258 g/mol. The van der Waals surface area contributed by atoms with Crippen LogP contribution in [0, 0.1) is 5.92 Å². The number of amides is 2. The van der Waals surface area contributed by atoms with E-state index in [1.165, 1.54) is 4.90 Å². The van der Waals surface area contributed by atoms with Gasteiger partial charge in [0.15, 0.2) is 0 Å². The Hall–Kier alpha value is -2.21. The lowest BCUT2D eigenvalue weighted by molar-refractivity contribution is 0.0676. The van der Waals surface area contributed by atoms with E-state index in [1.807, 2.05) is 0 Å². The number of hydrogen-bond donors (Lipinski definition) is 1. The van der Waals surface area contributed by atoms with E-state index >= 15 is 0 Å². The molecule has 6 nitrogen and oxygen atoms in total. The maximum absolute atomic E-state index is 12.3. The molecule has 0 aliphatic carbocycles. The summed E-state index contributed by atoms with van der Waals surface area (Å²) >= 11 is 0. The Morgan fingerprint density at radius 2 is 1.90 bits per heavy atom. The molecule has 2 atom stereocenters. The summed E-state index contributed by atoms with van der Waals surface area (Å²) in [6, 6.07) is 6.90. The Bertz CT molecular complexity index is 605. The second-order valence-corrected chi connectivity index (χ2v) is 5.23. The van der Waals surface area contributed by atoms with Crippen molar-refractivity contribution >= 4 is 17.5 Å². The Kier molecular flexibility index (Phi) is 2.40. The summed E-state index contributed by atoms with van der Waals surface area (Å²) in [5.41, 5.74) is 1.71. The van der Waals surface area contributed by atoms with Gasteiger partial charge in [-0.05, 0) is 12.1 Å². The molecular formula is C14H13N3O3. The molecule has 3 aliphatic heterocycles. The maximum atomic E-state index is 12.3. The van der Waals surface area contributed by atoms with Gasteiger partial charge in [-0.3, -0.25) is 14.5 Å². The number of fused-ring (bicyclic) bond motifs is 2. The molecule has 1 N–H and O–H groups in total. The Balaban J connectivity index is 1.59. The monoisotopic (exact) mass is 271 g/mol. The zero-order chi connectivity index (χ0) is 13.7. The lowest BCUT2D eigenvalue weighted by Gasteiger charge is -2.15. The van der Waals surface area contributed by atoms with Crippen molar-refractivity contribution in [3.8, 4) is 0 Å². The first-order chi connectivity index (χ1) is 9.75.